The summed E-state index contributed by atoms with van der Waals surface area (Å²) in [6.45, 7) is 4.21. The number of halogens is 1. The number of anilines is 2. The van der Waals surface area contributed by atoms with Crippen molar-refractivity contribution in [2.24, 2.45) is 0 Å². The van der Waals surface area contributed by atoms with Gasteiger partial charge >= 0.3 is 6.03 Å². The van der Waals surface area contributed by atoms with Crippen LogP contribution in [-0.4, -0.2) is 66.5 Å². The zero-order valence-corrected chi connectivity index (χ0v) is 19.1. The number of carbonyl (C=O) groups excluding carboxylic acids is 2. The quantitative estimate of drug-likeness (QED) is 0.761. The van der Waals surface area contributed by atoms with Crippen LogP contribution in [0.4, 0.5) is 15.6 Å². The summed E-state index contributed by atoms with van der Waals surface area (Å²) in [5.74, 6) is 0.110. The first-order chi connectivity index (χ1) is 14.9. The number of rotatable bonds is 3. The molecule has 0 aliphatic carbocycles. The molecule has 9 heteroatoms. The van der Waals surface area contributed by atoms with Gasteiger partial charge in [0, 0.05) is 47.7 Å². The molecule has 164 valence electrons. The second-order valence-electron chi connectivity index (χ2n) is 8.85. The number of thiazole rings is 1. The van der Waals surface area contributed by atoms with E-state index in [1.807, 2.05) is 28.5 Å². The van der Waals surface area contributed by atoms with Gasteiger partial charge in [-0.2, -0.15) is 0 Å². The van der Waals surface area contributed by atoms with Crippen molar-refractivity contribution in [2.75, 3.05) is 50.0 Å². The molecule has 1 atom stereocenters. The second-order valence-corrected chi connectivity index (χ2v) is 10.1. The molecule has 1 unspecified atom stereocenters. The minimum atomic E-state index is -0.193. The predicted octanol–water partition coefficient (Wildman–Crippen LogP) is 3.59. The second kappa shape index (κ2) is 8.07. The van der Waals surface area contributed by atoms with E-state index in [9.17, 15) is 9.59 Å². The average Bonchev–Trinajstić information content (AvgIpc) is 3.51. The van der Waals surface area contributed by atoms with Crippen molar-refractivity contribution in [2.45, 2.75) is 31.1 Å². The van der Waals surface area contributed by atoms with Crippen LogP contribution in [0.15, 0.2) is 23.6 Å². The highest BCUT2D eigenvalue weighted by atomic mass is 35.5. The van der Waals surface area contributed by atoms with E-state index in [2.05, 4.69) is 22.2 Å². The highest BCUT2D eigenvalue weighted by molar-refractivity contribution is 7.14. The number of nitrogens with zero attached hydrogens (tertiary/aromatic N) is 4. The molecule has 4 heterocycles. The van der Waals surface area contributed by atoms with Crippen LogP contribution in [0.25, 0.3) is 0 Å². The van der Waals surface area contributed by atoms with Gasteiger partial charge in [-0.1, -0.05) is 11.6 Å². The van der Waals surface area contributed by atoms with Crippen molar-refractivity contribution >= 4 is 45.7 Å². The minimum absolute atomic E-state index is 0.0808. The van der Waals surface area contributed by atoms with Crippen molar-refractivity contribution in [1.82, 2.24) is 14.8 Å². The number of fused-ring (bicyclic) bond motifs is 2. The Bertz CT molecular complexity index is 1020. The molecule has 2 fully saturated rings. The van der Waals surface area contributed by atoms with Crippen molar-refractivity contribution in [3.63, 3.8) is 0 Å². The number of amides is 3. The van der Waals surface area contributed by atoms with Gasteiger partial charge in [-0.05, 0) is 56.6 Å². The molecule has 0 saturated carbocycles. The van der Waals surface area contributed by atoms with Gasteiger partial charge in [-0.15, -0.1) is 11.3 Å². The van der Waals surface area contributed by atoms with E-state index in [1.54, 1.807) is 4.90 Å². The lowest BCUT2D eigenvalue weighted by atomic mass is 9.81. The van der Waals surface area contributed by atoms with Crippen LogP contribution in [0.5, 0.6) is 0 Å². The van der Waals surface area contributed by atoms with Crippen molar-refractivity contribution in [3.8, 4) is 0 Å². The van der Waals surface area contributed by atoms with Gasteiger partial charge in [0.05, 0.1) is 12.1 Å². The monoisotopic (exact) mass is 459 g/mol. The fraction of sp³-hybridized carbons (Fsp3) is 0.500. The molecule has 1 aromatic carbocycles. The van der Waals surface area contributed by atoms with Gasteiger partial charge in [0.2, 0.25) is 5.91 Å². The molecule has 2 saturated heterocycles. The molecule has 0 bridgehead atoms. The average molecular weight is 460 g/mol. The number of hydrogen-bond donors (Lipinski definition) is 1. The van der Waals surface area contributed by atoms with Crippen LogP contribution in [-0.2, 0) is 16.6 Å². The lowest BCUT2D eigenvalue weighted by molar-refractivity contribution is -0.129. The number of aromatic nitrogens is 1. The molecular formula is C22H26ClN5O2S. The summed E-state index contributed by atoms with van der Waals surface area (Å²) in [6, 6.07) is 5.59. The highest BCUT2D eigenvalue weighted by Gasteiger charge is 2.48. The maximum Gasteiger partial charge on any atom is 0.328 e. The van der Waals surface area contributed by atoms with Gasteiger partial charge in [0.15, 0.2) is 5.13 Å². The smallest absolute Gasteiger partial charge is 0.328 e. The number of hydrogen-bond acceptors (Lipinski definition) is 5. The summed E-state index contributed by atoms with van der Waals surface area (Å²) in [7, 11) is 2.11. The predicted molar refractivity (Wildman–Crippen MR) is 123 cm³/mol. The molecule has 3 aliphatic rings. The summed E-state index contributed by atoms with van der Waals surface area (Å²) in [5, 5.41) is 6.02. The Labute approximate surface area is 191 Å². The Balaban J connectivity index is 1.30. The Hall–Kier alpha value is -2.16. The molecule has 7 nitrogen and oxygen atoms in total. The molecule has 3 amide bonds. The number of carbonyl (C=O) groups is 2. The molecule has 1 spiro atoms. The number of likely N-dealkylation sites (tertiary alicyclic amines) is 2. The molecule has 1 aromatic heterocycles. The van der Waals surface area contributed by atoms with Crippen molar-refractivity contribution < 1.29 is 9.59 Å². The van der Waals surface area contributed by atoms with Crippen LogP contribution in [0, 0.1) is 0 Å². The van der Waals surface area contributed by atoms with Gasteiger partial charge in [0.1, 0.15) is 0 Å². The van der Waals surface area contributed by atoms with Crippen molar-refractivity contribution in [1.29, 1.82) is 0 Å². The molecular weight excluding hydrogens is 434 g/mol. The molecule has 2 aromatic rings. The number of nitrogens with one attached hydrogen (secondary N) is 1. The molecule has 0 radical (unpaired) electrons. The zero-order chi connectivity index (χ0) is 21.6. The summed E-state index contributed by atoms with van der Waals surface area (Å²) in [6.07, 6.45) is 3.43. The molecule has 5 rings (SSSR count). The van der Waals surface area contributed by atoms with Crippen LogP contribution in [0.3, 0.4) is 0 Å². The van der Waals surface area contributed by atoms with Crippen LogP contribution < -0.4 is 10.2 Å². The van der Waals surface area contributed by atoms with E-state index in [1.165, 1.54) is 11.3 Å². The van der Waals surface area contributed by atoms with Gasteiger partial charge in [-0.25, -0.2) is 9.78 Å². The normalized spacial score (nSPS) is 23.0. The van der Waals surface area contributed by atoms with E-state index < -0.39 is 0 Å². The highest BCUT2D eigenvalue weighted by Crippen LogP contribution is 2.47. The topological polar surface area (TPSA) is 68.8 Å². The SMILES string of the molecule is CN1CCC2(C1)CN(C(=O)Nc1nc(CC(=O)N3CCCC3)cs1)c1ccc(Cl)cc12. The van der Waals surface area contributed by atoms with Crippen LogP contribution in [0.2, 0.25) is 5.02 Å². The fourth-order valence-electron chi connectivity index (χ4n) is 5.09. The number of benzene rings is 1. The summed E-state index contributed by atoms with van der Waals surface area (Å²) in [4.78, 5) is 36.0. The van der Waals surface area contributed by atoms with Crippen molar-refractivity contribution in [3.05, 3.63) is 39.9 Å². The number of urea groups is 1. The summed E-state index contributed by atoms with van der Waals surface area (Å²) >= 11 is 7.66. The third-order valence-corrected chi connectivity index (χ3v) is 7.67. The van der Waals surface area contributed by atoms with Crippen LogP contribution in [0.1, 0.15) is 30.5 Å². The van der Waals surface area contributed by atoms with E-state index in [0.717, 1.165) is 56.7 Å². The Morgan fingerprint density at radius 2 is 2.03 bits per heavy atom. The van der Waals surface area contributed by atoms with E-state index >= 15 is 0 Å². The van der Waals surface area contributed by atoms with E-state index in [4.69, 9.17) is 11.6 Å². The maximum atomic E-state index is 13.2. The van der Waals surface area contributed by atoms with Gasteiger partial charge in [0.25, 0.3) is 0 Å². The Morgan fingerprint density at radius 3 is 2.77 bits per heavy atom. The molecule has 31 heavy (non-hydrogen) atoms. The third kappa shape index (κ3) is 3.92. The largest absolute Gasteiger partial charge is 0.342 e. The first-order valence-corrected chi connectivity index (χ1v) is 12.0. The minimum Gasteiger partial charge on any atom is -0.342 e. The number of likely N-dealkylation sites (N-methyl/N-ethyl adjacent to an activating group) is 1. The first-order valence-electron chi connectivity index (χ1n) is 10.7. The molecule has 1 N–H and O–H groups in total. The summed E-state index contributed by atoms with van der Waals surface area (Å²) in [5.41, 5.74) is 2.69. The van der Waals surface area contributed by atoms with Gasteiger partial charge in [-0.3, -0.25) is 15.0 Å². The van der Waals surface area contributed by atoms with Gasteiger partial charge < -0.3 is 9.80 Å². The Kier molecular flexibility index (Phi) is 5.40. The van der Waals surface area contributed by atoms with E-state index in [-0.39, 0.29) is 23.8 Å². The van der Waals surface area contributed by atoms with Crippen LogP contribution >= 0.6 is 22.9 Å². The standard InChI is InChI=1S/C22H26ClN5O2S/c1-26-9-6-22(13-26)14-28(18-5-4-15(23)10-17(18)22)21(30)25-20-24-16(12-31-20)11-19(29)27-7-2-3-8-27/h4-5,10,12H,2-3,6-9,11,13-14H2,1H3,(H,24,25,30). The zero-order valence-electron chi connectivity index (χ0n) is 17.6. The maximum absolute atomic E-state index is 13.2. The van der Waals surface area contributed by atoms with E-state index in [0.29, 0.717) is 22.4 Å². The first kappa shape index (κ1) is 20.7. The summed E-state index contributed by atoms with van der Waals surface area (Å²) < 4.78 is 0. The fourth-order valence-corrected chi connectivity index (χ4v) is 5.96. The lowest BCUT2D eigenvalue weighted by Gasteiger charge is -2.25. The third-order valence-electron chi connectivity index (χ3n) is 6.63. The lowest BCUT2D eigenvalue weighted by Crippen LogP contribution is -2.40. The molecule has 3 aliphatic heterocycles. The Morgan fingerprint density at radius 1 is 1.23 bits per heavy atom.